The Hall–Kier alpha value is -1.43. The Labute approximate surface area is 99.7 Å². The maximum atomic E-state index is 11.8. The first-order valence-corrected chi connectivity index (χ1v) is 5.91. The van der Waals surface area contributed by atoms with Crippen molar-refractivity contribution < 1.29 is 14.4 Å². The first-order chi connectivity index (χ1) is 8.08. The van der Waals surface area contributed by atoms with E-state index in [1.54, 1.807) is 0 Å². The molecule has 0 aromatic carbocycles. The predicted octanol–water partition coefficient (Wildman–Crippen LogP) is -0.998. The number of hydrogen-bond acceptors (Lipinski definition) is 4. The van der Waals surface area contributed by atoms with Gasteiger partial charge in [-0.15, -0.1) is 0 Å². The van der Waals surface area contributed by atoms with Crippen LogP contribution in [0, 0.1) is 0 Å². The molecule has 2 saturated heterocycles. The van der Waals surface area contributed by atoms with Crippen LogP contribution in [-0.4, -0.2) is 48.3 Å². The van der Waals surface area contributed by atoms with Gasteiger partial charge < -0.3 is 10.6 Å². The van der Waals surface area contributed by atoms with E-state index < -0.39 is 0 Å². The number of amides is 3. The van der Waals surface area contributed by atoms with Crippen LogP contribution in [0.15, 0.2) is 0 Å². The van der Waals surface area contributed by atoms with E-state index in [-0.39, 0.29) is 29.8 Å². The van der Waals surface area contributed by atoms with Gasteiger partial charge in [0.1, 0.15) is 0 Å². The van der Waals surface area contributed by atoms with Crippen molar-refractivity contribution >= 4 is 17.7 Å². The quantitative estimate of drug-likeness (QED) is 0.619. The second-order valence-corrected chi connectivity index (χ2v) is 4.59. The fraction of sp³-hybridized carbons (Fsp3) is 0.727. The lowest BCUT2D eigenvalue weighted by Gasteiger charge is -2.29. The molecule has 2 atom stereocenters. The number of hydrogen-bond donors (Lipinski definition) is 2. The van der Waals surface area contributed by atoms with E-state index in [9.17, 15) is 14.4 Å². The minimum absolute atomic E-state index is 0.0686. The van der Waals surface area contributed by atoms with Crippen molar-refractivity contribution in [3.05, 3.63) is 0 Å². The molecule has 17 heavy (non-hydrogen) atoms. The Kier molecular flexibility index (Phi) is 3.42. The highest BCUT2D eigenvalue weighted by Gasteiger charge is 2.32. The van der Waals surface area contributed by atoms with Crippen molar-refractivity contribution in [1.29, 1.82) is 0 Å². The summed E-state index contributed by atoms with van der Waals surface area (Å²) in [6.07, 6.45) is 2.31. The zero-order valence-electron chi connectivity index (χ0n) is 9.86. The van der Waals surface area contributed by atoms with Crippen LogP contribution in [-0.2, 0) is 14.4 Å². The van der Waals surface area contributed by atoms with E-state index in [0.29, 0.717) is 25.8 Å². The Morgan fingerprint density at radius 1 is 1.29 bits per heavy atom. The number of nitrogens with zero attached hydrogens (tertiary/aromatic N) is 1. The molecule has 3 amide bonds. The third kappa shape index (κ3) is 2.63. The van der Waals surface area contributed by atoms with Gasteiger partial charge in [-0.25, -0.2) is 0 Å². The van der Waals surface area contributed by atoms with E-state index in [2.05, 4.69) is 10.6 Å². The topological polar surface area (TPSA) is 78.5 Å². The lowest BCUT2D eigenvalue weighted by Crippen LogP contribution is -2.53. The van der Waals surface area contributed by atoms with Crippen LogP contribution in [0.25, 0.3) is 0 Å². The molecule has 2 rings (SSSR count). The van der Waals surface area contributed by atoms with Gasteiger partial charge in [0.2, 0.25) is 17.7 Å². The van der Waals surface area contributed by atoms with Gasteiger partial charge in [0.25, 0.3) is 0 Å². The molecule has 0 aliphatic carbocycles. The Morgan fingerprint density at radius 2 is 2.06 bits per heavy atom. The third-order valence-electron chi connectivity index (χ3n) is 3.35. The van der Waals surface area contributed by atoms with Gasteiger partial charge in [-0.3, -0.25) is 19.3 Å². The summed E-state index contributed by atoms with van der Waals surface area (Å²) >= 11 is 0. The van der Waals surface area contributed by atoms with Crippen molar-refractivity contribution in [3.63, 3.8) is 0 Å². The van der Waals surface area contributed by atoms with E-state index in [4.69, 9.17) is 0 Å². The van der Waals surface area contributed by atoms with Gasteiger partial charge in [-0.1, -0.05) is 0 Å². The first-order valence-electron chi connectivity index (χ1n) is 5.91. The largest absolute Gasteiger partial charge is 0.352 e. The Bertz CT molecular complexity index is 356. The van der Waals surface area contributed by atoms with Crippen molar-refractivity contribution in [2.24, 2.45) is 0 Å². The molecule has 6 nitrogen and oxygen atoms in total. The van der Waals surface area contributed by atoms with Crippen LogP contribution in [0.3, 0.4) is 0 Å². The van der Waals surface area contributed by atoms with Crippen molar-refractivity contribution in [2.75, 3.05) is 13.6 Å². The number of piperidine rings is 1. The lowest BCUT2D eigenvalue weighted by molar-refractivity contribution is -0.148. The molecule has 6 heteroatoms. The maximum Gasteiger partial charge on any atom is 0.246 e. The number of likely N-dealkylation sites (N-methyl/N-ethyl adjacent to an activating group) is 1. The number of nitrogens with one attached hydrogen (secondary N) is 2. The van der Waals surface area contributed by atoms with Crippen LogP contribution in [0.2, 0.25) is 0 Å². The molecule has 2 N–H and O–H groups in total. The molecule has 2 fully saturated rings. The van der Waals surface area contributed by atoms with Crippen LogP contribution >= 0.6 is 0 Å². The molecule has 0 bridgehead atoms. The van der Waals surface area contributed by atoms with Gasteiger partial charge in [0.15, 0.2) is 0 Å². The van der Waals surface area contributed by atoms with Crippen LogP contribution in [0.5, 0.6) is 0 Å². The molecule has 2 unspecified atom stereocenters. The number of carbonyl (C=O) groups excluding carboxylic acids is 3. The predicted molar refractivity (Wildman–Crippen MR) is 60.0 cm³/mol. The third-order valence-corrected chi connectivity index (χ3v) is 3.35. The number of likely N-dealkylation sites (tertiary alicyclic amines) is 1. The molecule has 0 saturated carbocycles. The molecular formula is C11H17N3O3. The van der Waals surface area contributed by atoms with E-state index in [1.165, 1.54) is 11.9 Å². The zero-order valence-corrected chi connectivity index (χ0v) is 9.86. The van der Waals surface area contributed by atoms with Gasteiger partial charge in [-0.2, -0.15) is 0 Å². The van der Waals surface area contributed by atoms with Crippen LogP contribution in [0.1, 0.15) is 25.7 Å². The lowest BCUT2D eigenvalue weighted by atomic mass is 10.0. The summed E-state index contributed by atoms with van der Waals surface area (Å²) < 4.78 is 0. The average Bonchev–Trinajstić information content (AvgIpc) is 2.71. The van der Waals surface area contributed by atoms with Gasteiger partial charge in [-0.05, 0) is 12.8 Å². The van der Waals surface area contributed by atoms with Crippen LogP contribution in [0.4, 0.5) is 0 Å². The van der Waals surface area contributed by atoms with Gasteiger partial charge >= 0.3 is 0 Å². The molecule has 0 radical (unpaired) electrons. The maximum absolute atomic E-state index is 11.8. The van der Waals surface area contributed by atoms with Gasteiger partial charge in [0.05, 0.1) is 6.04 Å². The average molecular weight is 239 g/mol. The van der Waals surface area contributed by atoms with Crippen molar-refractivity contribution in [1.82, 2.24) is 15.5 Å². The van der Waals surface area contributed by atoms with E-state index in [1.807, 2.05) is 0 Å². The van der Waals surface area contributed by atoms with Crippen molar-refractivity contribution in [3.8, 4) is 0 Å². The minimum atomic E-state index is -0.296. The molecule has 2 heterocycles. The molecule has 0 aromatic heterocycles. The van der Waals surface area contributed by atoms with E-state index in [0.717, 1.165) is 6.42 Å². The smallest absolute Gasteiger partial charge is 0.246 e. The SMILES string of the molecule is CN1C(=O)CCC(NCC2CCC(=O)N2)C1=O. The summed E-state index contributed by atoms with van der Waals surface area (Å²) in [5.74, 6) is -0.230. The standard InChI is InChI=1S/C11H17N3O3/c1-14-10(16)5-3-8(11(14)17)12-6-7-2-4-9(15)13-7/h7-8,12H,2-6H2,1H3,(H,13,15). The van der Waals surface area contributed by atoms with E-state index >= 15 is 0 Å². The second-order valence-electron chi connectivity index (χ2n) is 4.59. The second kappa shape index (κ2) is 4.83. The molecule has 0 spiro atoms. The van der Waals surface area contributed by atoms with Crippen LogP contribution < -0.4 is 10.6 Å². The highest BCUT2D eigenvalue weighted by molar-refractivity contribution is 6.00. The molecule has 2 aliphatic rings. The first kappa shape index (κ1) is 12.0. The summed E-state index contributed by atoms with van der Waals surface area (Å²) in [6, 6.07) is -0.187. The highest BCUT2D eigenvalue weighted by Crippen LogP contribution is 2.12. The summed E-state index contributed by atoms with van der Waals surface area (Å²) in [5.41, 5.74) is 0. The number of imide groups is 1. The molecule has 2 aliphatic heterocycles. The highest BCUT2D eigenvalue weighted by atomic mass is 16.2. The minimum Gasteiger partial charge on any atom is -0.352 e. The molecule has 0 aromatic rings. The summed E-state index contributed by atoms with van der Waals surface area (Å²) in [6.45, 7) is 0.587. The summed E-state index contributed by atoms with van der Waals surface area (Å²) in [5, 5.41) is 5.96. The fourth-order valence-electron chi connectivity index (χ4n) is 2.22. The summed E-state index contributed by atoms with van der Waals surface area (Å²) in [7, 11) is 1.51. The number of carbonyl (C=O) groups is 3. The Balaban J connectivity index is 1.81. The summed E-state index contributed by atoms with van der Waals surface area (Å²) in [4.78, 5) is 35.2. The fourth-order valence-corrected chi connectivity index (χ4v) is 2.22. The molecular weight excluding hydrogens is 222 g/mol. The monoisotopic (exact) mass is 239 g/mol. The zero-order chi connectivity index (χ0) is 12.4. The van der Waals surface area contributed by atoms with Gasteiger partial charge in [0, 0.05) is 32.5 Å². The molecule has 94 valence electrons. The van der Waals surface area contributed by atoms with Crippen molar-refractivity contribution in [2.45, 2.75) is 37.8 Å². The number of rotatable bonds is 3. The Morgan fingerprint density at radius 3 is 2.71 bits per heavy atom. The normalized spacial score (nSPS) is 29.7.